The topological polar surface area (TPSA) is 42.0 Å². The summed E-state index contributed by atoms with van der Waals surface area (Å²) in [6.07, 6.45) is 1.83. The minimum atomic E-state index is -3.00. The largest absolute Gasteiger partial charge is 0.312 e. The van der Waals surface area contributed by atoms with Gasteiger partial charge in [-0.25, -0.2) is 0 Å². The van der Waals surface area contributed by atoms with E-state index in [1.165, 1.54) is 11.3 Å². The molecule has 0 aliphatic heterocycles. The molecule has 1 unspecified atom stereocenters. The molecule has 5 heteroatoms. The molecule has 0 saturated carbocycles. The summed E-state index contributed by atoms with van der Waals surface area (Å²) in [5.41, 5.74) is 2.96. The molecule has 4 aromatic rings. The van der Waals surface area contributed by atoms with Gasteiger partial charge < -0.3 is 4.57 Å². The zero-order valence-corrected chi connectivity index (χ0v) is 17.0. The lowest BCUT2D eigenvalue weighted by molar-refractivity contribution is 0.561. The van der Waals surface area contributed by atoms with Crippen molar-refractivity contribution in [1.29, 1.82) is 0 Å². The summed E-state index contributed by atoms with van der Waals surface area (Å²) in [7, 11) is -3.00. The molecule has 1 N–H and O–H groups in total. The number of nitrogens with zero attached hydrogens (tertiary/aromatic N) is 1. The van der Waals surface area contributed by atoms with Crippen molar-refractivity contribution in [3.05, 3.63) is 113 Å². The minimum Gasteiger partial charge on any atom is -0.312 e. The number of hydrogen-bond donors (Lipinski definition) is 1. The quantitative estimate of drug-likeness (QED) is 0.444. The van der Waals surface area contributed by atoms with Crippen LogP contribution in [-0.4, -0.2) is 4.98 Å². The van der Waals surface area contributed by atoms with E-state index >= 15 is 0 Å². The summed E-state index contributed by atoms with van der Waals surface area (Å²) in [6.45, 7) is 0.632. The highest BCUT2D eigenvalue weighted by molar-refractivity contribution is 7.79. The molecule has 0 saturated heterocycles. The molecule has 0 amide bonds. The highest BCUT2D eigenvalue weighted by Gasteiger charge is 2.38. The van der Waals surface area contributed by atoms with Crippen molar-refractivity contribution < 1.29 is 4.57 Å². The molecule has 0 bridgehead atoms. The van der Waals surface area contributed by atoms with Gasteiger partial charge in [-0.3, -0.25) is 10.3 Å². The lowest BCUT2D eigenvalue weighted by Gasteiger charge is -2.29. The summed E-state index contributed by atoms with van der Waals surface area (Å²) in [5.74, 6) is -0.343. The fourth-order valence-electron chi connectivity index (χ4n) is 3.33. The van der Waals surface area contributed by atoms with E-state index < -0.39 is 7.14 Å². The first-order chi connectivity index (χ1) is 13.8. The molecule has 3 nitrogen and oxygen atoms in total. The average Bonchev–Trinajstić information content (AvgIpc) is 3.30. The Balaban J connectivity index is 1.81. The second-order valence-corrected chi connectivity index (χ2v) is 10.3. The second kappa shape index (κ2) is 8.66. The summed E-state index contributed by atoms with van der Waals surface area (Å²) in [4.78, 5) is 5.24. The molecule has 0 fully saturated rings. The lowest BCUT2D eigenvalue weighted by atomic mass is 10.2. The van der Waals surface area contributed by atoms with Crippen molar-refractivity contribution in [1.82, 2.24) is 10.3 Å². The van der Waals surface area contributed by atoms with Crippen LogP contribution in [0.5, 0.6) is 0 Å². The van der Waals surface area contributed by atoms with Crippen LogP contribution in [0.4, 0.5) is 0 Å². The van der Waals surface area contributed by atoms with E-state index in [4.69, 9.17) is 0 Å². The van der Waals surface area contributed by atoms with Gasteiger partial charge in [-0.1, -0.05) is 91.0 Å². The third kappa shape index (κ3) is 3.85. The van der Waals surface area contributed by atoms with Crippen LogP contribution in [0, 0.1) is 0 Å². The summed E-state index contributed by atoms with van der Waals surface area (Å²) in [6, 6.07) is 29.8. The first-order valence-electron chi connectivity index (χ1n) is 9.15. The van der Waals surface area contributed by atoms with Gasteiger partial charge in [0.15, 0.2) is 7.14 Å². The predicted molar refractivity (Wildman–Crippen MR) is 118 cm³/mol. The fraction of sp³-hybridized carbons (Fsp3) is 0.0870. The van der Waals surface area contributed by atoms with E-state index in [2.05, 4.69) is 22.4 Å². The first kappa shape index (κ1) is 18.8. The Labute approximate surface area is 169 Å². The molecular formula is C23H21N2OPS. The molecule has 1 heterocycles. The van der Waals surface area contributed by atoms with Gasteiger partial charge in [0.1, 0.15) is 5.78 Å². The Bertz CT molecular complexity index is 994. The van der Waals surface area contributed by atoms with Crippen molar-refractivity contribution in [3.8, 4) is 0 Å². The maximum absolute atomic E-state index is 14.8. The predicted octanol–water partition coefficient (Wildman–Crippen LogP) is 4.95. The summed E-state index contributed by atoms with van der Waals surface area (Å²) >= 11 is 1.54. The number of rotatable bonds is 7. The first-order valence-corrected chi connectivity index (χ1v) is 11.8. The van der Waals surface area contributed by atoms with Gasteiger partial charge in [0.05, 0.1) is 5.51 Å². The zero-order chi connectivity index (χ0) is 19.2. The van der Waals surface area contributed by atoms with Gasteiger partial charge in [0, 0.05) is 28.2 Å². The lowest BCUT2D eigenvalue weighted by Crippen LogP contribution is -2.29. The van der Waals surface area contributed by atoms with E-state index in [1.54, 1.807) is 5.51 Å². The van der Waals surface area contributed by atoms with Gasteiger partial charge in [-0.2, -0.15) is 0 Å². The second-order valence-electron chi connectivity index (χ2n) is 6.50. The van der Waals surface area contributed by atoms with E-state index in [1.807, 2.05) is 85.1 Å². The number of nitrogens with one attached hydrogen (secondary N) is 1. The number of benzene rings is 3. The monoisotopic (exact) mass is 404 g/mol. The Morgan fingerprint density at radius 3 is 1.86 bits per heavy atom. The molecule has 4 rings (SSSR count). The molecule has 0 aliphatic rings. The molecule has 0 spiro atoms. The summed E-state index contributed by atoms with van der Waals surface area (Å²) < 4.78 is 14.8. The molecule has 0 aliphatic carbocycles. The highest BCUT2D eigenvalue weighted by atomic mass is 32.1. The van der Waals surface area contributed by atoms with Crippen LogP contribution in [-0.2, 0) is 11.1 Å². The molecule has 1 atom stereocenters. The van der Waals surface area contributed by atoms with Gasteiger partial charge in [0.2, 0.25) is 0 Å². The van der Waals surface area contributed by atoms with E-state index in [9.17, 15) is 4.57 Å². The van der Waals surface area contributed by atoms with Crippen LogP contribution in [0.2, 0.25) is 0 Å². The van der Waals surface area contributed by atoms with E-state index in [-0.39, 0.29) is 5.78 Å². The molecular weight excluding hydrogens is 383 g/mol. The maximum atomic E-state index is 14.8. The van der Waals surface area contributed by atoms with Gasteiger partial charge in [0.25, 0.3) is 0 Å². The summed E-state index contributed by atoms with van der Waals surface area (Å²) in [5, 5.41) is 5.28. The Morgan fingerprint density at radius 2 is 1.36 bits per heavy atom. The Kier molecular flexibility index (Phi) is 5.82. The standard InChI is InChI=1S/C23H21N2OPS/c26-27(20-12-6-2-7-13-20,21-14-8-3-9-15-21)23(22-17-24-18-28-22)25-16-19-10-4-1-5-11-19/h1-15,17-18,23,25H,16H2. The molecule has 140 valence electrons. The van der Waals surface area contributed by atoms with Crippen LogP contribution >= 0.6 is 18.5 Å². The zero-order valence-electron chi connectivity index (χ0n) is 15.3. The molecule has 0 radical (unpaired) electrons. The van der Waals surface area contributed by atoms with Crippen LogP contribution in [0.25, 0.3) is 0 Å². The average molecular weight is 404 g/mol. The number of hydrogen-bond acceptors (Lipinski definition) is 4. The van der Waals surface area contributed by atoms with Crippen LogP contribution in [0.3, 0.4) is 0 Å². The van der Waals surface area contributed by atoms with Crippen LogP contribution in [0.1, 0.15) is 16.2 Å². The van der Waals surface area contributed by atoms with Gasteiger partial charge in [-0.15, -0.1) is 11.3 Å². The third-order valence-electron chi connectivity index (χ3n) is 4.71. The molecule has 1 aromatic heterocycles. The Morgan fingerprint density at radius 1 is 0.821 bits per heavy atom. The molecule has 3 aromatic carbocycles. The Hall–Kier alpha value is -2.52. The van der Waals surface area contributed by atoms with Crippen molar-refractivity contribution in [2.75, 3.05) is 0 Å². The number of thiazole rings is 1. The molecule has 28 heavy (non-hydrogen) atoms. The minimum absolute atomic E-state index is 0.343. The SMILES string of the molecule is O=P(c1ccccc1)(c1ccccc1)C(NCc1ccccc1)c1cncs1. The third-order valence-corrected chi connectivity index (χ3v) is 9.04. The van der Waals surface area contributed by atoms with Crippen molar-refractivity contribution >= 4 is 29.1 Å². The normalized spacial score (nSPS) is 12.6. The van der Waals surface area contributed by atoms with Crippen molar-refractivity contribution in [2.24, 2.45) is 0 Å². The van der Waals surface area contributed by atoms with E-state index in [0.717, 1.165) is 21.0 Å². The maximum Gasteiger partial charge on any atom is 0.164 e. The van der Waals surface area contributed by atoms with Crippen molar-refractivity contribution in [2.45, 2.75) is 12.3 Å². The van der Waals surface area contributed by atoms with Crippen LogP contribution < -0.4 is 15.9 Å². The smallest absolute Gasteiger partial charge is 0.164 e. The van der Waals surface area contributed by atoms with Gasteiger partial charge >= 0.3 is 0 Å². The van der Waals surface area contributed by atoms with E-state index in [0.29, 0.717) is 6.54 Å². The van der Waals surface area contributed by atoms with Crippen molar-refractivity contribution in [3.63, 3.8) is 0 Å². The fourth-order valence-corrected chi connectivity index (χ4v) is 7.43. The highest BCUT2D eigenvalue weighted by Crippen LogP contribution is 2.56. The van der Waals surface area contributed by atoms with Crippen LogP contribution in [0.15, 0.2) is 103 Å². The number of aromatic nitrogens is 1. The van der Waals surface area contributed by atoms with Gasteiger partial charge in [-0.05, 0) is 5.56 Å².